The Labute approximate surface area is 131 Å². The van der Waals surface area contributed by atoms with Crippen molar-refractivity contribution < 1.29 is 18.4 Å². The highest BCUT2D eigenvalue weighted by Crippen LogP contribution is 2.11. The molecule has 7 heteroatoms. The number of anilines is 1. The molecule has 0 saturated carbocycles. The van der Waals surface area contributed by atoms with Crippen LogP contribution in [-0.4, -0.2) is 17.5 Å². The molecule has 0 atom stereocenters. The van der Waals surface area contributed by atoms with Crippen molar-refractivity contribution in [2.75, 3.05) is 5.32 Å². The number of amides is 2. The van der Waals surface area contributed by atoms with Crippen molar-refractivity contribution in [1.29, 1.82) is 0 Å². The third-order valence-electron chi connectivity index (χ3n) is 2.92. The van der Waals surface area contributed by atoms with E-state index in [2.05, 4.69) is 15.8 Å². The fourth-order valence-electron chi connectivity index (χ4n) is 1.68. The molecule has 0 heterocycles. The van der Waals surface area contributed by atoms with E-state index in [1.165, 1.54) is 42.5 Å². The lowest BCUT2D eigenvalue weighted by molar-refractivity contribution is -0.136. The van der Waals surface area contributed by atoms with Gasteiger partial charge in [0.1, 0.15) is 11.6 Å². The average molecular weight is 317 g/mol. The van der Waals surface area contributed by atoms with Crippen LogP contribution < -0.4 is 10.7 Å². The molecule has 0 aromatic heterocycles. The number of rotatable bonds is 3. The van der Waals surface area contributed by atoms with Crippen LogP contribution in [0.3, 0.4) is 0 Å². The van der Waals surface area contributed by atoms with Gasteiger partial charge in [0.15, 0.2) is 0 Å². The van der Waals surface area contributed by atoms with Gasteiger partial charge in [-0.15, -0.1) is 0 Å². The summed E-state index contributed by atoms with van der Waals surface area (Å²) in [7, 11) is 0. The number of para-hydroxylation sites is 1. The molecule has 23 heavy (non-hydrogen) atoms. The van der Waals surface area contributed by atoms with Crippen molar-refractivity contribution in [1.82, 2.24) is 5.43 Å². The molecule has 0 bridgehead atoms. The normalized spacial score (nSPS) is 11.0. The predicted molar refractivity (Wildman–Crippen MR) is 81.8 cm³/mol. The zero-order valence-corrected chi connectivity index (χ0v) is 12.1. The lowest BCUT2D eigenvalue weighted by Gasteiger charge is -2.05. The molecule has 2 amide bonds. The quantitative estimate of drug-likeness (QED) is 0.518. The third kappa shape index (κ3) is 4.44. The van der Waals surface area contributed by atoms with Crippen molar-refractivity contribution in [3.8, 4) is 0 Å². The number of hydrogen-bond acceptors (Lipinski definition) is 3. The number of carbonyl (C=O) groups is 2. The van der Waals surface area contributed by atoms with E-state index in [1.54, 1.807) is 6.92 Å². The molecule has 2 N–H and O–H groups in total. The molecule has 0 saturated heterocycles. The van der Waals surface area contributed by atoms with E-state index in [0.29, 0.717) is 11.3 Å². The second-order valence-corrected chi connectivity index (χ2v) is 4.58. The van der Waals surface area contributed by atoms with E-state index in [0.717, 1.165) is 6.07 Å². The number of carbonyl (C=O) groups excluding carboxylic acids is 2. The summed E-state index contributed by atoms with van der Waals surface area (Å²) < 4.78 is 26.2. The van der Waals surface area contributed by atoms with Crippen LogP contribution in [0.25, 0.3) is 0 Å². The first-order valence-corrected chi connectivity index (χ1v) is 6.63. The number of halogens is 2. The molecule has 0 radical (unpaired) electrons. The summed E-state index contributed by atoms with van der Waals surface area (Å²) in [4.78, 5) is 23.3. The Bertz CT molecular complexity index is 758. The Balaban J connectivity index is 1.98. The standard InChI is InChI=1S/C16H13F2N3O2/c1-10(11-6-8-12(17)9-7-11)20-21-16(23)15(22)19-14-5-3-2-4-13(14)18/h2-9H,1H3,(H,19,22)(H,21,23)/b20-10+. The van der Waals surface area contributed by atoms with Crippen molar-refractivity contribution in [3.05, 3.63) is 65.7 Å². The monoisotopic (exact) mass is 317 g/mol. The van der Waals surface area contributed by atoms with Crippen LogP contribution in [-0.2, 0) is 9.59 Å². The molecule has 2 aromatic carbocycles. The fraction of sp³-hybridized carbons (Fsp3) is 0.0625. The molecule has 5 nitrogen and oxygen atoms in total. The molecule has 0 aliphatic carbocycles. The topological polar surface area (TPSA) is 70.6 Å². The van der Waals surface area contributed by atoms with Gasteiger partial charge in [-0.3, -0.25) is 9.59 Å². The molecule has 0 fully saturated rings. The highest BCUT2D eigenvalue weighted by Gasteiger charge is 2.15. The first-order valence-electron chi connectivity index (χ1n) is 6.63. The van der Waals surface area contributed by atoms with E-state index >= 15 is 0 Å². The molecule has 0 aliphatic rings. The average Bonchev–Trinajstić information content (AvgIpc) is 2.55. The number of hydrogen-bond donors (Lipinski definition) is 2. The van der Waals surface area contributed by atoms with Crippen molar-refractivity contribution in [2.45, 2.75) is 6.92 Å². The largest absolute Gasteiger partial charge is 0.329 e. The van der Waals surface area contributed by atoms with Crippen LogP contribution in [0, 0.1) is 11.6 Å². The van der Waals surface area contributed by atoms with E-state index in [1.807, 2.05) is 0 Å². The minimum atomic E-state index is -1.05. The maximum absolute atomic E-state index is 13.4. The molecule has 0 aliphatic heterocycles. The molecular weight excluding hydrogens is 304 g/mol. The minimum Gasteiger partial charge on any atom is -0.315 e. The Kier molecular flexibility index (Phi) is 5.14. The summed E-state index contributed by atoms with van der Waals surface area (Å²) in [5.41, 5.74) is 2.92. The smallest absolute Gasteiger partial charge is 0.315 e. The highest BCUT2D eigenvalue weighted by atomic mass is 19.1. The maximum atomic E-state index is 13.4. The third-order valence-corrected chi connectivity index (χ3v) is 2.92. The van der Waals surface area contributed by atoms with Gasteiger partial charge in [-0.05, 0) is 36.8 Å². The van der Waals surface area contributed by atoms with Gasteiger partial charge in [-0.1, -0.05) is 24.3 Å². The van der Waals surface area contributed by atoms with E-state index < -0.39 is 23.4 Å². The summed E-state index contributed by atoms with van der Waals surface area (Å²) in [6.07, 6.45) is 0. The summed E-state index contributed by atoms with van der Waals surface area (Å²) in [6.45, 7) is 1.59. The van der Waals surface area contributed by atoms with Gasteiger partial charge in [-0.2, -0.15) is 5.10 Å². The molecular formula is C16H13F2N3O2. The molecule has 0 unspecified atom stereocenters. The van der Waals surface area contributed by atoms with Gasteiger partial charge in [0.2, 0.25) is 0 Å². The second kappa shape index (κ2) is 7.26. The summed E-state index contributed by atoms with van der Waals surface area (Å²) in [5, 5.41) is 5.89. The van der Waals surface area contributed by atoms with Gasteiger partial charge in [0.25, 0.3) is 0 Å². The number of benzene rings is 2. The van der Waals surface area contributed by atoms with Crippen molar-refractivity contribution in [3.63, 3.8) is 0 Å². The van der Waals surface area contributed by atoms with Gasteiger partial charge in [0, 0.05) is 0 Å². The van der Waals surface area contributed by atoms with Crippen molar-refractivity contribution in [2.24, 2.45) is 5.10 Å². The number of nitrogens with one attached hydrogen (secondary N) is 2. The molecule has 2 aromatic rings. The van der Waals surface area contributed by atoms with Crippen LogP contribution in [0.15, 0.2) is 53.6 Å². The highest BCUT2D eigenvalue weighted by molar-refractivity contribution is 6.39. The van der Waals surface area contributed by atoms with E-state index in [4.69, 9.17) is 0 Å². The van der Waals surface area contributed by atoms with Crippen LogP contribution >= 0.6 is 0 Å². The van der Waals surface area contributed by atoms with Gasteiger partial charge < -0.3 is 5.32 Å². The number of hydrazone groups is 1. The maximum Gasteiger partial charge on any atom is 0.329 e. The minimum absolute atomic E-state index is 0.105. The molecule has 2 rings (SSSR count). The summed E-state index contributed by atoms with van der Waals surface area (Å²) in [6, 6.07) is 10.9. The van der Waals surface area contributed by atoms with Gasteiger partial charge in [0.05, 0.1) is 11.4 Å². The summed E-state index contributed by atoms with van der Waals surface area (Å²) >= 11 is 0. The fourth-order valence-corrected chi connectivity index (χ4v) is 1.68. The van der Waals surface area contributed by atoms with Gasteiger partial charge >= 0.3 is 11.8 Å². The zero-order valence-electron chi connectivity index (χ0n) is 12.1. The first kappa shape index (κ1) is 16.3. The van der Waals surface area contributed by atoms with Crippen molar-refractivity contribution >= 4 is 23.2 Å². The van der Waals surface area contributed by atoms with Crippen LogP contribution in [0.4, 0.5) is 14.5 Å². The Morgan fingerprint density at radius 3 is 2.26 bits per heavy atom. The second-order valence-electron chi connectivity index (χ2n) is 4.58. The van der Waals surface area contributed by atoms with Crippen LogP contribution in [0.2, 0.25) is 0 Å². The lowest BCUT2D eigenvalue weighted by atomic mass is 10.1. The van der Waals surface area contributed by atoms with Crippen LogP contribution in [0.1, 0.15) is 12.5 Å². The predicted octanol–water partition coefficient (Wildman–Crippen LogP) is 2.44. The van der Waals surface area contributed by atoms with E-state index in [-0.39, 0.29) is 5.69 Å². The summed E-state index contributed by atoms with van der Waals surface area (Å²) in [5.74, 6) is -3.14. The Morgan fingerprint density at radius 2 is 1.61 bits per heavy atom. The molecule has 0 spiro atoms. The van der Waals surface area contributed by atoms with Gasteiger partial charge in [-0.25, -0.2) is 14.2 Å². The van der Waals surface area contributed by atoms with E-state index in [9.17, 15) is 18.4 Å². The molecule has 118 valence electrons. The zero-order chi connectivity index (χ0) is 16.8. The van der Waals surface area contributed by atoms with Crippen LogP contribution in [0.5, 0.6) is 0 Å². The Morgan fingerprint density at radius 1 is 0.957 bits per heavy atom. The lowest BCUT2D eigenvalue weighted by Crippen LogP contribution is -2.33. The Hall–Kier alpha value is -3.09. The SMILES string of the molecule is C/C(=N\NC(=O)C(=O)Nc1ccccc1F)c1ccc(F)cc1. The number of nitrogens with zero attached hydrogens (tertiary/aromatic N) is 1. The first-order chi connectivity index (χ1) is 11.0.